The summed E-state index contributed by atoms with van der Waals surface area (Å²) in [5.74, 6) is 0.362. The summed E-state index contributed by atoms with van der Waals surface area (Å²) in [4.78, 5) is 13.6. The van der Waals surface area contributed by atoms with Crippen LogP contribution >= 0.6 is 0 Å². The van der Waals surface area contributed by atoms with Crippen LogP contribution in [-0.2, 0) is 4.79 Å². The van der Waals surface area contributed by atoms with Gasteiger partial charge < -0.3 is 4.90 Å². The molecule has 0 aliphatic carbocycles. The summed E-state index contributed by atoms with van der Waals surface area (Å²) in [6, 6.07) is 0. The van der Waals surface area contributed by atoms with Gasteiger partial charge in [-0.3, -0.25) is 4.79 Å². The highest BCUT2D eigenvalue weighted by molar-refractivity contribution is 5.76. The van der Waals surface area contributed by atoms with Crippen molar-refractivity contribution >= 4 is 5.91 Å². The lowest BCUT2D eigenvalue weighted by atomic mass is 10.2. The van der Waals surface area contributed by atoms with Gasteiger partial charge in [0.1, 0.15) is 0 Å². The van der Waals surface area contributed by atoms with Crippen LogP contribution in [0.3, 0.4) is 0 Å². The van der Waals surface area contributed by atoms with Crippen molar-refractivity contribution in [3.05, 3.63) is 12.7 Å². The summed E-state index contributed by atoms with van der Waals surface area (Å²) in [6.45, 7) is 5.62. The molecule has 1 aliphatic heterocycles. The molecular weight excluding hydrogens is 174 g/mol. The van der Waals surface area contributed by atoms with Crippen molar-refractivity contribution in [1.82, 2.24) is 4.90 Å². The quantitative estimate of drug-likeness (QED) is 0.488. The smallest absolute Gasteiger partial charge is 0.222 e. The maximum atomic E-state index is 11.6. The van der Waals surface area contributed by atoms with E-state index in [9.17, 15) is 4.79 Å². The number of likely N-dealkylation sites (tertiary alicyclic amines) is 1. The SMILES string of the molecule is C=CCCCCN1CCCCCC1=O. The monoisotopic (exact) mass is 195 g/mol. The minimum Gasteiger partial charge on any atom is -0.343 e. The van der Waals surface area contributed by atoms with Crippen molar-refractivity contribution in [2.75, 3.05) is 13.1 Å². The molecule has 1 fully saturated rings. The number of unbranched alkanes of at least 4 members (excludes halogenated alkanes) is 2. The van der Waals surface area contributed by atoms with Gasteiger partial charge in [-0.2, -0.15) is 0 Å². The third kappa shape index (κ3) is 3.95. The first kappa shape index (κ1) is 11.3. The standard InChI is InChI=1S/C12H21NO/c1-2-3-4-7-10-13-11-8-5-6-9-12(13)14/h2H,1,3-11H2. The Kier molecular flexibility index (Phi) is 5.35. The van der Waals surface area contributed by atoms with E-state index in [4.69, 9.17) is 0 Å². The number of hydrogen-bond donors (Lipinski definition) is 0. The summed E-state index contributed by atoms with van der Waals surface area (Å²) in [6.07, 6.45) is 9.56. The molecule has 0 aromatic carbocycles. The average molecular weight is 195 g/mol. The molecule has 1 aliphatic rings. The van der Waals surface area contributed by atoms with E-state index >= 15 is 0 Å². The van der Waals surface area contributed by atoms with Crippen LogP contribution in [0.1, 0.15) is 44.9 Å². The Bertz CT molecular complexity index is 189. The van der Waals surface area contributed by atoms with E-state index in [1.807, 2.05) is 11.0 Å². The number of carbonyl (C=O) groups is 1. The molecule has 1 amide bonds. The average Bonchev–Trinajstić information content (AvgIpc) is 2.39. The van der Waals surface area contributed by atoms with Crippen LogP contribution in [0.4, 0.5) is 0 Å². The predicted octanol–water partition coefficient (Wildman–Crippen LogP) is 2.75. The Hall–Kier alpha value is -0.790. The van der Waals surface area contributed by atoms with E-state index in [2.05, 4.69) is 6.58 Å². The fourth-order valence-corrected chi connectivity index (χ4v) is 1.87. The second-order valence-corrected chi connectivity index (χ2v) is 3.98. The zero-order valence-electron chi connectivity index (χ0n) is 9.00. The number of amides is 1. The van der Waals surface area contributed by atoms with Crippen LogP contribution in [0.25, 0.3) is 0 Å². The largest absolute Gasteiger partial charge is 0.343 e. The van der Waals surface area contributed by atoms with Crippen LogP contribution in [0.5, 0.6) is 0 Å². The minimum atomic E-state index is 0.362. The Morgan fingerprint density at radius 1 is 1.29 bits per heavy atom. The first-order valence-electron chi connectivity index (χ1n) is 5.73. The Morgan fingerprint density at radius 2 is 2.14 bits per heavy atom. The van der Waals surface area contributed by atoms with Crippen LogP contribution < -0.4 is 0 Å². The first-order chi connectivity index (χ1) is 6.84. The van der Waals surface area contributed by atoms with Gasteiger partial charge in [0.25, 0.3) is 0 Å². The van der Waals surface area contributed by atoms with Gasteiger partial charge in [0.15, 0.2) is 0 Å². The normalized spacial score (nSPS) is 18.0. The number of allylic oxidation sites excluding steroid dienone is 1. The van der Waals surface area contributed by atoms with Gasteiger partial charge in [-0.05, 0) is 32.1 Å². The lowest BCUT2D eigenvalue weighted by Gasteiger charge is -2.19. The van der Waals surface area contributed by atoms with Crippen LogP contribution in [0.2, 0.25) is 0 Å². The molecule has 1 saturated heterocycles. The summed E-state index contributed by atoms with van der Waals surface area (Å²) in [7, 11) is 0. The lowest BCUT2D eigenvalue weighted by molar-refractivity contribution is -0.130. The zero-order chi connectivity index (χ0) is 10.2. The fraction of sp³-hybridized carbons (Fsp3) is 0.750. The fourth-order valence-electron chi connectivity index (χ4n) is 1.87. The lowest BCUT2D eigenvalue weighted by Crippen LogP contribution is -2.31. The number of nitrogens with zero attached hydrogens (tertiary/aromatic N) is 1. The number of rotatable bonds is 5. The summed E-state index contributed by atoms with van der Waals surface area (Å²) < 4.78 is 0. The second kappa shape index (κ2) is 6.63. The van der Waals surface area contributed by atoms with E-state index in [0.29, 0.717) is 5.91 Å². The molecule has 80 valence electrons. The highest BCUT2D eigenvalue weighted by atomic mass is 16.2. The maximum Gasteiger partial charge on any atom is 0.222 e. The molecule has 14 heavy (non-hydrogen) atoms. The third-order valence-electron chi connectivity index (χ3n) is 2.76. The molecule has 0 spiro atoms. The second-order valence-electron chi connectivity index (χ2n) is 3.98. The molecule has 2 heteroatoms. The van der Waals surface area contributed by atoms with E-state index in [-0.39, 0.29) is 0 Å². The minimum absolute atomic E-state index is 0.362. The van der Waals surface area contributed by atoms with E-state index in [1.54, 1.807) is 0 Å². The molecule has 0 N–H and O–H groups in total. The highest BCUT2D eigenvalue weighted by Crippen LogP contribution is 2.12. The van der Waals surface area contributed by atoms with Gasteiger partial charge in [0.05, 0.1) is 0 Å². The molecular formula is C12H21NO. The molecule has 0 radical (unpaired) electrons. The van der Waals surface area contributed by atoms with E-state index < -0.39 is 0 Å². The molecule has 2 nitrogen and oxygen atoms in total. The maximum absolute atomic E-state index is 11.6. The molecule has 1 rings (SSSR count). The van der Waals surface area contributed by atoms with Crippen molar-refractivity contribution in [3.63, 3.8) is 0 Å². The van der Waals surface area contributed by atoms with Gasteiger partial charge in [-0.15, -0.1) is 6.58 Å². The van der Waals surface area contributed by atoms with Gasteiger partial charge in [0.2, 0.25) is 5.91 Å². The molecule has 0 saturated carbocycles. The third-order valence-corrected chi connectivity index (χ3v) is 2.76. The highest BCUT2D eigenvalue weighted by Gasteiger charge is 2.15. The molecule has 0 unspecified atom stereocenters. The van der Waals surface area contributed by atoms with Crippen molar-refractivity contribution in [1.29, 1.82) is 0 Å². The predicted molar refractivity (Wildman–Crippen MR) is 59.1 cm³/mol. The summed E-state index contributed by atoms with van der Waals surface area (Å²) in [5, 5.41) is 0. The summed E-state index contributed by atoms with van der Waals surface area (Å²) in [5.41, 5.74) is 0. The molecule has 0 aromatic rings. The molecule has 0 aromatic heterocycles. The Morgan fingerprint density at radius 3 is 2.93 bits per heavy atom. The number of carbonyl (C=O) groups excluding carboxylic acids is 1. The Balaban J connectivity index is 2.19. The molecule has 1 heterocycles. The van der Waals surface area contributed by atoms with E-state index in [0.717, 1.165) is 45.2 Å². The van der Waals surface area contributed by atoms with E-state index in [1.165, 1.54) is 12.8 Å². The summed E-state index contributed by atoms with van der Waals surface area (Å²) >= 11 is 0. The molecule has 0 bridgehead atoms. The van der Waals surface area contributed by atoms with Crippen molar-refractivity contribution < 1.29 is 4.79 Å². The topological polar surface area (TPSA) is 20.3 Å². The van der Waals surface area contributed by atoms with Gasteiger partial charge in [-0.25, -0.2) is 0 Å². The zero-order valence-corrected chi connectivity index (χ0v) is 9.00. The van der Waals surface area contributed by atoms with Crippen molar-refractivity contribution in [2.45, 2.75) is 44.9 Å². The Labute approximate surface area is 87.0 Å². The van der Waals surface area contributed by atoms with Gasteiger partial charge >= 0.3 is 0 Å². The van der Waals surface area contributed by atoms with Gasteiger partial charge in [-0.1, -0.05) is 12.5 Å². The van der Waals surface area contributed by atoms with Crippen LogP contribution in [0.15, 0.2) is 12.7 Å². The van der Waals surface area contributed by atoms with Crippen LogP contribution in [-0.4, -0.2) is 23.9 Å². The number of hydrogen-bond acceptors (Lipinski definition) is 1. The van der Waals surface area contributed by atoms with Crippen molar-refractivity contribution in [3.8, 4) is 0 Å². The van der Waals surface area contributed by atoms with Crippen LogP contribution in [0, 0.1) is 0 Å². The van der Waals surface area contributed by atoms with Crippen molar-refractivity contribution in [2.24, 2.45) is 0 Å². The molecule has 0 atom stereocenters. The van der Waals surface area contributed by atoms with Gasteiger partial charge in [0, 0.05) is 19.5 Å². The first-order valence-corrected chi connectivity index (χ1v) is 5.73.